The minimum atomic E-state index is -0.439. The maximum absolute atomic E-state index is 15.7. The number of nitrogens with one attached hydrogen (secondary N) is 2. The van der Waals surface area contributed by atoms with Crippen LogP contribution in [0, 0.1) is 5.82 Å². The SMILES string of the molecule is CNc1ccc2c(Nc3ccncc3)c(F)c(-c3ccc4c(c3)OCO4)nc2c1. The predicted octanol–water partition coefficient (Wildman–Crippen LogP) is 4.95. The zero-order valence-corrected chi connectivity index (χ0v) is 15.6. The summed E-state index contributed by atoms with van der Waals surface area (Å²) >= 11 is 0. The first-order valence-corrected chi connectivity index (χ1v) is 9.11. The van der Waals surface area contributed by atoms with Crippen molar-refractivity contribution in [3.05, 3.63) is 66.7 Å². The molecule has 5 rings (SSSR count). The smallest absolute Gasteiger partial charge is 0.231 e. The Kier molecular flexibility index (Phi) is 4.13. The molecule has 7 heteroatoms. The predicted molar refractivity (Wildman–Crippen MR) is 110 cm³/mol. The highest BCUT2D eigenvalue weighted by Gasteiger charge is 2.20. The lowest BCUT2D eigenvalue weighted by Gasteiger charge is -2.15. The third-order valence-corrected chi connectivity index (χ3v) is 4.81. The van der Waals surface area contributed by atoms with Gasteiger partial charge in [0.1, 0.15) is 5.69 Å². The standard InChI is InChI=1S/C22H17FN4O2/c1-24-15-3-4-16-17(11-15)27-21(13-2-5-18-19(10-13)29-12-28-18)20(23)22(16)26-14-6-8-25-9-7-14/h2-11,24H,12H2,1H3,(H,25,26,27). The van der Waals surface area contributed by atoms with Crippen LogP contribution < -0.4 is 20.1 Å². The molecule has 0 saturated heterocycles. The summed E-state index contributed by atoms with van der Waals surface area (Å²) < 4.78 is 26.5. The van der Waals surface area contributed by atoms with E-state index in [1.54, 1.807) is 42.7 Å². The summed E-state index contributed by atoms with van der Waals surface area (Å²) in [5.74, 6) is 0.782. The van der Waals surface area contributed by atoms with Gasteiger partial charge in [0.15, 0.2) is 17.3 Å². The fourth-order valence-corrected chi connectivity index (χ4v) is 3.33. The molecule has 3 heterocycles. The normalized spacial score (nSPS) is 12.2. The van der Waals surface area contributed by atoms with E-state index in [-0.39, 0.29) is 12.5 Å². The summed E-state index contributed by atoms with van der Waals surface area (Å²) in [7, 11) is 1.83. The molecular weight excluding hydrogens is 371 g/mol. The van der Waals surface area contributed by atoms with E-state index in [0.29, 0.717) is 33.7 Å². The van der Waals surface area contributed by atoms with Crippen molar-refractivity contribution < 1.29 is 13.9 Å². The number of anilines is 3. The first kappa shape index (κ1) is 17.2. The zero-order valence-electron chi connectivity index (χ0n) is 15.6. The Morgan fingerprint density at radius 1 is 0.931 bits per heavy atom. The van der Waals surface area contributed by atoms with Crippen LogP contribution in [0.25, 0.3) is 22.2 Å². The maximum atomic E-state index is 15.7. The van der Waals surface area contributed by atoms with Gasteiger partial charge in [0.2, 0.25) is 6.79 Å². The number of halogens is 1. The molecule has 0 radical (unpaired) electrons. The van der Waals surface area contributed by atoms with Crippen LogP contribution in [-0.2, 0) is 0 Å². The highest BCUT2D eigenvalue weighted by Crippen LogP contribution is 2.39. The minimum Gasteiger partial charge on any atom is -0.454 e. The molecule has 0 unspecified atom stereocenters. The van der Waals surface area contributed by atoms with E-state index in [2.05, 4.69) is 20.6 Å². The molecule has 0 saturated carbocycles. The molecule has 1 aliphatic rings. The van der Waals surface area contributed by atoms with Crippen LogP contribution in [0.4, 0.5) is 21.5 Å². The fraction of sp³-hybridized carbons (Fsp3) is 0.0909. The van der Waals surface area contributed by atoms with Gasteiger partial charge in [-0.3, -0.25) is 4.98 Å². The summed E-state index contributed by atoms with van der Waals surface area (Å²) in [5, 5.41) is 6.96. The van der Waals surface area contributed by atoms with Crippen LogP contribution >= 0.6 is 0 Å². The molecular formula is C22H17FN4O2. The first-order valence-electron chi connectivity index (χ1n) is 9.11. The minimum absolute atomic E-state index is 0.160. The van der Waals surface area contributed by atoms with Gasteiger partial charge in [-0.25, -0.2) is 9.37 Å². The lowest BCUT2D eigenvalue weighted by Crippen LogP contribution is -2.01. The molecule has 4 aromatic rings. The molecule has 0 amide bonds. The van der Waals surface area contributed by atoms with Gasteiger partial charge in [-0.2, -0.15) is 0 Å². The summed E-state index contributed by atoms with van der Waals surface area (Å²) in [5.41, 5.74) is 3.50. The summed E-state index contributed by atoms with van der Waals surface area (Å²) in [4.78, 5) is 8.63. The molecule has 2 N–H and O–H groups in total. The highest BCUT2D eigenvalue weighted by molar-refractivity contribution is 5.97. The van der Waals surface area contributed by atoms with Crippen molar-refractivity contribution in [2.45, 2.75) is 0 Å². The van der Waals surface area contributed by atoms with Crippen LogP contribution in [0.15, 0.2) is 60.9 Å². The van der Waals surface area contributed by atoms with E-state index in [4.69, 9.17) is 9.47 Å². The van der Waals surface area contributed by atoms with Crippen molar-refractivity contribution in [1.82, 2.24) is 9.97 Å². The van der Waals surface area contributed by atoms with Crippen LogP contribution in [-0.4, -0.2) is 23.8 Å². The third-order valence-electron chi connectivity index (χ3n) is 4.81. The van der Waals surface area contributed by atoms with Crippen molar-refractivity contribution in [1.29, 1.82) is 0 Å². The molecule has 0 aliphatic carbocycles. The molecule has 0 fully saturated rings. The van der Waals surface area contributed by atoms with Crippen molar-refractivity contribution in [2.24, 2.45) is 0 Å². The second-order valence-corrected chi connectivity index (χ2v) is 6.56. The van der Waals surface area contributed by atoms with E-state index < -0.39 is 5.82 Å². The van der Waals surface area contributed by atoms with E-state index in [1.165, 1.54) is 0 Å². The maximum Gasteiger partial charge on any atom is 0.231 e. The topological polar surface area (TPSA) is 68.3 Å². The quantitative estimate of drug-likeness (QED) is 0.516. The molecule has 2 aromatic carbocycles. The molecule has 6 nitrogen and oxygen atoms in total. The van der Waals surface area contributed by atoms with Gasteiger partial charge in [0, 0.05) is 41.8 Å². The summed E-state index contributed by atoms with van der Waals surface area (Å²) in [6, 6.07) is 14.5. The molecule has 2 aromatic heterocycles. The van der Waals surface area contributed by atoms with Gasteiger partial charge in [-0.05, 0) is 48.5 Å². The number of nitrogens with zero attached hydrogens (tertiary/aromatic N) is 2. The highest BCUT2D eigenvalue weighted by atomic mass is 19.1. The second kappa shape index (κ2) is 6.94. The van der Waals surface area contributed by atoms with Gasteiger partial charge in [0.05, 0.1) is 11.2 Å². The van der Waals surface area contributed by atoms with Crippen molar-refractivity contribution >= 4 is 28.0 Å². The first-order chi connectivity index (χ1) is 14.2. The Morgan fingerprint density at radius 3 is 2.59 bits per heavy atom. The Labute approximate surface area is 166 Å². The van der Waals surface area contributed by atoms with Gasteiger partial charge < -0.3 is 20.1 Å². The molecule has 144 valence electrons. The largest absolute Gasteiger partial charge is 0.454 e. The molecule has 0 spiro atoms. The number of hydrogen-bond donors (Lipinski definition) is 2. The Bertz CT molecular complexity index is 1210. The molecule has 29 heavy (non-hydrogen) atoms. The van der Waals surface area contributed by atoms with Crippen LogP contribution in [0.5, 0.6) is 11.5 Å². The number of aromatic nitrogens is 2. The Balaban J connectivity index is 1.72. The van der Waals surface area contributed by atoms with E-state index in [1.807, 2.05) is 25.2 Å². The Morgan fingerprint density at radius 2 is 1.76 bits per heavy atom. The Hall–Kier alpha value is -3.87. The lowest BCUT2D eigenvalue weighted by molar-refractivity contribution is 0.174. The monoisotopic (exact) mass is 388 g/mol. The number of fused-ring (bicyclic) bond motifs is 2. The van der Waals surface area contributed by atoms with Gasteiger partial charge in [-0.1, -0.05) is 0 Å². The fourth-order valence-electron chi connectivity index (χ4n) is 3.33. The molecule has 0 bridgehead atoms. The molecule has 0 atom stereocenters. The summed E-state index contributed by atoms with van der Waals surface area (Å²) in [6.07, 6.45) is 3.31. The molecule has 1 aliphatic heterocycles. The van der Waals surface area contributed by atoms with Crippen molar-refractivity contribution in [2.75, 3.05) is 24.5 Å². The van der Waals surface area contributed by atoms with E-state index >= 15 is 4.39 Å². The number of ether oxygens (including phenoxy) is 2. The van der Waals surface area contributed by atoms with Gasteiger partial charge in [0.25, 0.3) is 0 Å². The number of pyridine rings is 2. The second-order valence-electron chi connectivity index (χ2n) is 6.56. The van der Waals surface area contributed by atoms with Crippen molar-refractivity contribution in [3.8, 4) is 22.8 Å². The van der Waals surface area contributed by atoms with Crippen LogP contribution in [0.3, 0.4) is 0 Å². The van der Waals surface area contributed by atoms with Crippen molar-refractivity contribution in [3.63, 3.8) is 0 Å². The zero-order chi connectivity index (χ0) is 19.8. The summed E-state index contributed by atoms with van der Waals surface area (Å²) in [6.45, 7) is 0.160. The third kappa shape index (κ3) is 3.06. The average molecular weight is 388 g/mol. The lowest BCUT2D eigenvalue weighted by atomic mass is 10.1. The van der Waals surface area contributed by atoms with E-state index in [0.717, 1.165) is 11.4 Å². The van der Waals surface area contributed by atoms with E-state index in [9.17, 15) is 0 Å². The van der Waals surface area contributed by atoms with Gasteiger partial charge >= 0.3 is 0 Å². The van der Waals surface area contributed by atoms with Gasteiger partial charge in [-0.15, -0.1) is 0 Å². The number of hydrogen-bond acceptors (Lipinski definition) is 6. The number of benzene rings is 2. The van der Waals surface area contributed by atoms with Crippen LogP contribution in [0.1, 0.15) is 0 Å². The van der Waals surface area contributed by atoms with Crippen LogP contribution in [0.2, 0.25) is 0 Å². The number of rotatable bonds is 4. The average Bonchev–Trinajstić information content (AvgIpc) is 3.23.